The minimum atomic E-state index is -0.0758. The van der Waals surface area contributed by atoms with Gasteiger partial charge in [-0.2, -0.15) is 15.0 Å². The summed E-state index contributed by atoms with van der Waals surface area (Å²) in [5, 5.41) is 3.31. The van der Waals surface area contributed by atoms with E-state index in [9.17, 15) is 4.79 Å². The number of rotatable bonds is 7. The van der Waals surface area contributed by atoms with Gasteiger partial charge in [0, 0.05) is 6.04 Å². The molecule has 1 amide bonds. The Morgan fingerprint density at radius 3 is 2.48 bits per heavy atom. The van der Waals surface area contributed by atoms with Crippen LogP contribution < -0.4 is 16.8 Å². The predicted octanol–water partition coefficient (Wildman–Crippen LogP) is 1.27. The molecule has 1 aromatic heterocycles. The molecular formula is C15H20N6OS. The quantitative estimate of drug-likeness (QED) is 0.653. The maximum Gasteiger partial charge on any atom is 0.230 e. The van der Waals surface area contributed by atoms with Crippen molar-refractivity contribution in [3.8, 4) is 0 Å². The highest BCUT2D eigenvalue weighted by atomic mass is 32.2. The van der Waals surface area contributed by atoms with E-state index >= 15 is 0 Å². The molecule has 7 nitrogen and oxygen atoms in total. The zero-order valence-corrected chi connectivity index (χ0v) is 13.7. The lowest BCUT2D eigenvalue weighted by Gasteiger charge is -2.13. The molecule has 1 atom stereocenters. The second-order valence-corrected chi connectivity index (χ2v) is 6.06. The van der Waals surface area contributed by atoms with Gasteiger partial charge in [-0.1, -0.05) is 42.1 Å². The molecule has 1 heterocycles. The lowest BCUT2D eigenvalue weighted by Crippen LogP contribution is -2.34. The Hall–Kier alpha value is -2.35. The smallest absolute Gasteiger partial charge is 0.230 e. The number of aryl methyl sites for hydroxylation is 1. The first-order valence-electron chi connectivity index (χ1n) is 7.26. The van der Waals surface area contributed by atoms with Crippen molar-refractivity contribution in [3.63, 3.8) is 0 Å². The van der Waals surface area contributed by atoms with Crippen LogP contribution in [0, 0.1) is 0 Å². The van der Waals surface area contributed by atoms with Crippen LogP contribution in [-0.2, 0) is 11.2 Å². The van der Waals surface area contributed by atoms with Crippen molar-refractivity contribution in [1.82, 2.24) is 20.3 Å². The van der Waals surface area contributed by atoms with E-state index in [1.165, 1.54) is 17.3 Å². The third-order valence-corrected chi connectivity index (χ3v) is 3.95. The van der Waals surface area contributed by atoms with Gasteiger partial charge in [-0.25, -0.2) is 0 Å². The zero-order valence-electron chi connectivity index (χ0n) is 12.9. The summed E-state index contributed by atoms with van der Waals surface area (Å²) in [6.45, 7) is 1.99. The first-order chi connectivity index (χ1) is 11.0. The lowest BCUT2D eigenvalue weighted by molar-refractivity contribution is -0.119. The van der Waals surface area contributed by atoms with Crippen LogP contribution in [0.4, 0.5) is 11.9 Å². The molecule has 0 radical (unpaired) electrons. The molecule has 0 saturated carbocycles. The van der Waals surface area contributed by atoms with Crippen LogP contribution >= 0.6 is 11.8 Å². The van der Waals surface area contributed by atoms with Crippen LogP contribution in [0.5, 0.6) is 0 Å². The van der Waals surface area contributed by atoms with Crippen molar-refractivity contribution < 1.29 is 4.79 Å². The van der Waals surface area contributed by atoms with Crippen LogP contribution in [0.25, 0.3) is 0 Å². The molecule has 0 unspecified atom stereocenters. The Bertz CT molecular complexity index is 631. The number of nitrogens with two attached hydrogens (primary N) is 2. The summed E-state index contributed by atoms with van der Waals surface area (Å²) >= 11 is 1.18. The zero-order chi connectivity index (χ0) is 16.7. The average molecular weight is 332 g/mol. The van der Waals surface area contributed by atoms with Crippen LogP contribution in [0.15, 0.2) is 35.5 Å². The molecule has 0 saturated heterocycles. The highest BCUT2D eigenvalue weighted by Crippen LogP contribution is 2.14. The van der Waals surface area contributed by atoms with E-state index in [-0.39, 0.29) is 29.6 Å². The Balaban J connectivity index is 1.73. The molecule has 0 aliphatic carbocycles. The van der Waals surface area contributed by atoms with Crippen LogP contribution in [0.3, 0.4) is 0 Å². The largest absolute Gasteiger partial charge is 0.368 e. The van der Waals surface area contributed by atoms with Crippen molar-refractivity contribution in [2.75, 3.05) is 17.2 Å². The Labute approximate surface area is 139 Å². The fourth-order valence-electron chi connectivity index (χ4n) is 2.00. The van der Waals surface area contributed by atoms with Gasteiger partial charge in [0.25, 0.3) is 0 Å². The summed E-state index contributed by atoms with van der Waals surface area (Å²) in [4.78, 5) is 23.5. The van der Waals surface area contributed by atoms with Crippen molar-refractivity contribution >= 4 is 29.6 Å². The SMILES string of the molecule is C[C@@H](CCc1ccccc1)NC(=O)CSc1nc(N)nc(N)n1. The van der Waals surface area contributed by atoms with Gasteiger partial charge in [-0.15, -0.1) is 0 Å². The number of nitrogen functional groups attached to an aromatic ring is 2. The molecule has 2 aromatic rings. The number of carbonyl (C=O) groups is 1. The number of anilines is 2. The second kappa shape index (κ2) is 8.33. The first kappa shape index (κ1) is 17.0. The van der Waals surface area contributed by atoms with Gasteiger partial charge in [-0.05, 0) is 25.3 Å². The van der Waals surface area contributed by atoms with Crippen molar-refractivity contribution in [2.45, 2.75) is 31.0 Å². The van der Waals surface area contributed by atoms with Crippen molar-refractivity contribution in [2.24, 2.45) is 0 Å². The van der Waals surface area contributed by atoms with Crippen molar-refractivity contribution in [3.05, 3.63) is 35.9 Å². The van der Waals surface area contributed by atoms with E-state index in [4.69, 9.17) is 11.5 Å². The van der Waals surface area contributed by atoms with Gasteiger partial charge in [0.1, 0.15) is 0 Å². The third kappa shape index (κ3) is 6.11. The number of benzene rings is 1. The number of nitrogens with one attached hydrogen (secondary N) is 1. The maximum atomic E-state index is 11.9. The molecule has 8 heteroatoms. The van der Waals surface area contributed by atoms with E-state index in [0.717, 1.165) is 12.8 Å². The molecule has 23 heavy (non-hydrogen) atoms. The van der Waals surface area contributed by atoms with Gasteiger partial charge in [0.15, 0.2) is 5.16 Å². The van der Waals surface area contributed by atoms with E-state index in [0.29, 0.717) is 5.16 Å². The monoisotopic (exact) mass is 332 g/mol. The number of carbonyl (C=O) groups excluding carboxylic acids is 1. The van der Waals surface area contributed by atoms with Crippen molar-refractivity contribution in [1.29, 1.82) is 0 Å². The minimum Gasteiger partial charge on any atom is -0.368 e. The molecule has 0 aliphatic heterocycles. The van der Waals surface area contributed by atoms with Gasteiger partial charge < -0.3 is 16.8 Å². The summed E-state index contributed by atoms with van der Waals surface area (Å²) in [6, 6.07) is 10.3. The second-order valence-electron chi connectivity index (χ2n) is 5.12. The lowest BCUT2D eigenvalue weighted by atomic mass is 10.1. The standard InChI is InChI=1S/C15H20N6OS/c1-10(7-8-11-5-3-2-4-6-11)18-12(22)9-23-15-20-13(16)19-14(17)21-15/h2-6,10H,7-9H2,1H3,(H,18,22)(H4,16,17,19,20,21)/t10-/m0/s1. The molecule has 0 bridgehead atoms. The van der Waals surface area contributed by atoms with Gasteiger partial charge in [0.05, 0.1) is 5.75 Å². The fourth-order valence-corrected chi connectivity index (χ4v) is 2.66. The topological polar surface area (TPSA) is 120 Å². The van der Waals surface area contributed by atoms with Gasteiger partial charge in [0.2, 0.25) is 17.8 Å². The number of hydrogen-bond acceptors (Lipinski definition) is 7. The highest BCUT2D eigenvalue weighted by Gasteiger charge is 2.10. The van der Waals surface area contributed by atoms with Gasteiger partial charge >= 0.3 is 0 Å². The van der Waals surface area contributed by atoms with E-state index in [1.807, 2.05) is 25.1 Å². The number of amides is 1. The minimum absolute atomic E-state index is 0.0524. The molecule has 0 spiro atoms. The number of hydrogen-bond donors (Lipinski definition) is 3. The number of nitrogens with zero attached hydrogens (tertiary/aromatic N) is 3. The maximum absolute atomic E-state index is 11.9. The normalized spacial score (nSPS) is 11.9. The Morgan fingerprint density at radius 1 is 1.17 bits per heavy atom. The average Bonchev–Trinajstić information content (AvgIpc) is 2.51. The molecule has 1 aromatic carbocycles. The summed E-state index contributed by atoms with van der Waals surface area (Å²) in [5.41, 5.74) is 12.2. The van der Waals surface area contributed by atoms with Gasteiger partial charge in [-0.3, -0.25) is 4.79 Å². The summed E-state index contributed by atoms with van der Waals surface area (Å²) in [7, 11) is 0. The number of thioether (sulfide) groups is 1. The van der Waals surface area contributed by atoms with E-state index in [1.54, 1.807) is 0 Å². The number of aromatic nitrogens is 3. The third-order valence-electron chi connectivity index (χ3n) is 3.10. The predicted molar refractivity (Wildman–Crippen MR) is 91.7 cm³/mol. The molecule has 0 fully saturated rings. The van der Waals surface area contributed by atoms with Crippen LogP contribution in [-0.4, -0.2) is 32.7 Å². The Morgan fingerprint density at radius 2 is 1.83 bits per heavy atom. The molecule has 0 aliphatic rings. The fraction of sp³-hybridized carbons (Fsp3) is 0.333. The summed E-state index contributed by atoms with van der Waals surface area (Å²) in [6.07, 6.45) is 1.81. The molecule has 2 rings (SSSR count). The van der Waals surface area contributed by atoms with Crippen LogP contribution in [0.2, 0.25) is 0 Å². The Kier molecular flexibility index (Phi) is 6.16. The van der Waals surface area contributed by atoms with E-state index < -0.39 is 0 Å². The molecule has 5 N–H and O–H groups in total. The van der Waals surface area contributed by atoms with Crippen LogP contribution in [0.1, 0.15) is 18.9 Å². The van der Waals surface area contributed by atoms with E-state index in [2.05, 4.69) is 32.4 Å². The summed E-state index contributed by atoms with van der Waals surface area (Å²) in [5.74, 6) is 0.236. The highest BCUT2D eigenvalue weighted by molar-refractivity contribution is 7.99. The summed E-state index contributed by atoms with van der Waals surface area (Å²) < 4.78 is 0. The molecule has 122 valence electrons. The first-order valence-corrected chi connectivity index (χ1v) is 8.24. The molecular weight excluding hydrogens is 312 g/mol.